The van der Waals surface area contributed by atoms with E-state index in [9.17, 15) is 4.79 Å². The first kappa shape index (κ1) is 16.7. The highest BCUT2D eigenvalue weighted by Gasteiger charge is 2.56. The molecule has 3 fully saturated rings. The quantitative estimate of drug-likeness (QED) is 0.492. The van der Waals surface area contributed by atoms with Crippen LogP contribution >= 0.6 is 0 Å². The second-order valence-electron chi connectivity index (χ2n) is 9.37. The van der Waals surface area contributed by atoms with E-state index in [1.54, 1.807) is 5.57 Å². The van der Waals surface area contributed by atoms with Crippen molar-refractivity contribution in [3.8, 4) is 0 Å². The van der Waals surface area contributed by atoms with Crippen molar-refractivity contribution >= 4 is 5.97 Å². The lowest BCUT2D eigenvalue weighted by atomic mass is 9.47. The van der Waals surface area contributed by atoms with Crippen LogP contribution in [0.15, 0.2) is 11.6 Å². The third-order valence-corrected chi connectivity index (χ3v) is 8.87. The van der Waals surface area contributed by atoms with Gasteiger partial charge < -0.3 is 4.74 Å². The third-order valence-electron chi connectivity index (χ3n) is 8.87. The molecule has 0 spiro atoms. The molecule has 0 radical (unpaired) electrons. The molecule has 0 unspecified atom stereocenters. The van der Waals surface area contributed by atoms with Gasteiger partial charge in [0.15, 0.2) is 0 Å². The lowest BCUT2D eigenvalue weighted by Gasteiger charge is -2.58. The SMILES string of the molecule is CC[C@@]12CCC[C@H]1[C@@H]1CC=C3C[C@H](C(=O)OC)CC[C@]3(C)[C@H]1CC2. The fraction of sp³-hybridized carbons (Fsp3) is 0.864. The highest BCUT2D eigenvalue weighted by Crippen LogP contribution is 2.66. The predicted octanol–water partition coefficient (Wildman–Crippen LogP) is 5.52. The number of hydrogen-bond donors (Lipinski definition) is 0. The number of hydrogen-bond acceptors (Lipinski definition) is 2. The molecule has 0 aromatic carbocycles. The fourth-order valence-electron chi connectivity index (χ4n) is 7.44. The molecule has 0 aliphatic heterocycles. The van der Waals surface area contributed by atoms with E-state index in [-0.39, 0.29) is 11.9 Å². The molecule has 134 valence electrons. The lowest BCUT2D eigenvalue weighted by Crippen LogP contribution is -2.49. The Labute approximate surface area is 147 Å². The van der Waals surface area contributed by atoms with Crippen LogP contribution in [-0.2, 0) is 9.53 Å². The third kappa shape index (κ3) is 2.24. The Morgan fingerprint density at radius 2 is 2.04 bits per heavy atom. The van der Waals surface area contributed by atoms with Gasteiger partial charge in [-0.3, -0.25) is 4.79 Å². The molecular weight excluding hydrogens is 296 g/mol. The van der Waals surface area contributed by atoms with Crippen LogP contribution in [0.25, 0.3) is 0 Å². The zero-order valence-corrected chi connectivity index (χ0v) is 15.8. The van der Waals surface area contributed by atoms with Crippen LogP contribution in [0.1, 0.15) is 78.1 Å². The van der Waals surface area contributed by atoms with Crippen molar-refractivity contribution in [1.29, 1.82) is 0 Å². The first-order valence-corrected chi connectivity index (χ1v) is 10.3. The Balaban J connectivity index is 1.61. The van der Waals surface area contributed by atoms with Crippen LogP contribution in [0, 0.1) is 34.5 Å². The number of fused-ring (bicyclic) bond motifs is 5. The molecule has 24 heavy (non-hydrogen) atoms. The van der Waals surface area contributed by atoms with Crippen molar-refractivity contribution in [3.63, 3.8) is 0 Å². The maximum absolute atomic E-state index is 12.0. The molecule has 0 aromatic heterocycles. The first-order valence-electron chi connectivity index (χ1n) is 10.3. The second kappa shape index (κ2) is 5.88. The summed E-state index contributed by atoms with van der Waals surface area (Å²) in [6.07, 6.45) is 15.7. The zero-order valence-electron chi connectivity index (χ0n) is 15.8. The summed E-state index contributed by atoms with van der Waals surface area (Å²) in [6.45, 7) is 4.96. The summed E-state index contributed by atoms with van der Waals surface area (Å²) in [6, 6.07) is 0. The van der Waals surface area contributed by atoms with Crippen molar-refractivity contribution in [1.82, 2.24) is 0 Å². The van der Waals surface area contributed by atoms with Gasteiger partial charge in [0.1, 0.15) is 0 Å². The van der Waals surface area contributed by atoms with Crippen LogP contribution in [0.2, 0.25) is 0 Å². The molecular formula is C22H34O2. The summed E-state index contributed by atoms with van der Waals surface area (Å²) in [4.78, 5) is 12.0. The summed E-state index contributed by atoms with van der Waals surface area (Å²) in [7, 11) is 1.53. The van der Waals surface area contributed by atoms with Crippen LogP contribution in [0.3, 0.4) is 0 Å². The highest BCUT2D eigenvalue weighted by molar-refractivity contribution is 5.73. The molecule has 0 saturated heterocycles. The number of esters is 1. The predicted molar refractivity (Wildman–Crippen MR) is 96.4 cm³/mol. The smallest absolute Gasteiger partial charge is 0.308 e. The monoisotopic (exact) mass is 330 g/mol. The summed E-state index contributed by atoms with van der Waals surface area (Å²) in [5.74, 6) is 2.85. The minimum Gasteiger partial charge on any atom is -0.469 e. The molecule has 0 N–H and O–H groups in total. The van der Waals surface area contributed by atoms with Crippen LogP contribution in [-0.4, -0.2) is 13.1 Å². The van der Waals surface area contributed by atoms with Gasteiger partial charge in [0.2, 0.25) is 0 Å². The van der Waals surface area contributed by atoms with E-state index >= 15 is 0 Å². The maximum Gasteiger partial charge on any atom is 0.308 e. The molecule has 4 aliphatic carbocycles. The Morgan fingerprint density at radius 1 is 1.21 bits per heavy atom. The molecule has 2 nitrogen and oxygen atoms in total. The Hall–Kier alpha value is -0.790. The van der Waals surface area contributed by atoms with Gasteiger partial charge in [-0.2, -0.15) is 0 Å². The van der Waals surface area contributed by atoms with Crippen molar-refractivity contribution < 1.29 is 9.53 Å². The molecule has 3 saturated carbocycles. The van der Waals surface area contributed by atoms with E-state index in [0.29, 0.717) is 10.8 Å². The Bertz CT molecular complexity index is 550. The normalized spacial score (nSPS) is 47.2. The topological polar surface area (TPSA) is 26.3 Å². The van der Waals surface area contributed by atoms with Gasteiger partial charge in [0, 0.05) is 0 Å². The van der Waals surface area contributed by atoms with Gasteiger partial charge in [-0.15, -0.1) is 0 Å². The Kier molecular flexibility index (Phi) is 4.09. The zero-order chi connectivity index (χ0) is 16.9. The lowest BCUT2D eigenvalue weighted by molar-refractivity contribution is -0.147. The molecule has 0 aromatic rings. The number of methoxy groups -OCH3 is 1. The summed E-state index contributed by atoms with van der Waals surface area (Å²) in [5.41, 5.74) is 2.62. The van der Waals surface area contributed by atoms with E-state index in [1.807, 2.05) is 0 Å². The highest BCUT2D eigenvalue weighted by atomic mass is 16.5. The average Bonchev–Trinajstić information content (AvgIpc) is 3.05. The van der Waals surface area contributed by atoms with Gasteiger partial charge in [-0.25, -0.2) is 0 Å². The van der Waals surface area contributed by atoms with Crippen LogP contribution in [0.4, 0.5) is 0 Å². The number of carbonyl (C=O) groups is 1. The van der Waals surface area contributed by atoms with E-state index < -0.39 is 0 Å². The van der Waals surface area contributed by atoms with Gasteiger partial charge in [-0.1, -0.05) is 38.3 Å². The first-order chi connectivity index (χ1) is 11.5. The van der Waals surface area contributed by atoms with Crippen molar-refractivity contribution in [3.05, 3.63) is 11.6 Å². The molecule has 4 rings (SSSR count). The molecule has 2 heteroatoms. The maximum atomic E-state index is 12.0. The van der Waals surface area contributed by atoms with E-state index in [1.165, 1.54) is 58.5 Å². The van der Waals surface area contributed by atoms with E-state index in [2.05, 4.69) is 19.9 Å². The second-order valence-corrected chi connectivity index (χ2v) is 9.37. The fourth-order valence-corrected chi connectivity index (χ4v) is 7.44. The van der Waals surface area contributed by atoms with Crippen molar-refractivity contribution in [2.75, 3.05) is 7.11 Å². The molecule has 6 atom stereocenters. The minimum atomic E-state index is 0.00418. The molecule has 0 amide bonds. The largest absolute Gasteiger partial charge is 0.469 e. The van der Waals surface area contributed by atoms with Gasteiger partial charge in [0.25, 0.3) is 0 Å². The van der Waals surface area contributed by atoms with Gasteiger partial charge in [0.05, 0.1) is 13.0 Å². The van der Waals surface area contributed by atoms with Crippen LogP contribution < -0.4 is 0 Å². The average molecular weight is 331 g/mol. The van der Waals surface area contributed by atoms with Crippen LogP contribution in [0.5, 0.6) is 0 Å². The van der Waals surface area contributed by atoms with Gasteiger partial charge >= 0.3 is 5.97 Å². The standard InChI is InChI=1S/C22H34O2/c1-4-22-11-5-6-19(22)17-8-7-16-14-15(20(23)24-3)9-12-21(16,2)18(17)10-13-22/h7,15,17-19H,4-6,8-14H2,1-3H3/t15-,17-,18+,19+,21+,22+/m1/s1. The summed E-state index contributed by atoms with van der Waals surface area (Å²) in [5, 5.41) is 0. The van der Waals surface area contributed by atoms with E-state index in [4.69, 9.17) is 4.74 Å². The number of ether oxygens (including phenoxy) is 1. The number of rotatable bonds is 2. The van der Waals surface area contributed by atoms with E-state index in [0.717, 1.165) is 30.6 Å². The number of allylic oxidation sites excluding steroid dienone is 2. The molecule has 0 heterocycles. The number of carbonyl (C=O) groups excluding carboxylic acids is 1. The Morgan fingerprint density at radius 3 is 2.79 bits per heavy atom. The minimum absolute atomic E-state index is 0.00418. The molecule has 0 bridgehead atoms. The molecule has 4 aliphatic rings. The van der Waals surface area contributed by atoms with Crippen molar-refractivity contribution in [2.24, 2.45) is 34.5 Å². The van der Waals surface area contributed by atoms with Crippen molar-refractivity contribution in [2.45, 2.75) is 78.1 Å². The summed E-state index contributed by atoms with van der Waals surface area (Å²) < 4.78 is 5.03. The summed E-state index contributed by atoms with van der Waals surface area (Å²) >= 11 is 0. The van der Waals surface area contributed by atoms with Gasteiger partial charge in [-0.05, 0) is 80.0 Å².